The van der Waals surface area contributed by atoms with Crippen LogP contribution in [-0.2, 0) is 25.7 Å². The highest BCUT2D eigenvalue weighted by Gasteiger charge is 2.34. The number of hydrogen-bond donors (Lipinski definition) is 2. The van der Waals surface area contributed by atoms with Gasteiger partial charge in [-0.1, -0.05) is 29.8 Å². The molecule has 0 bridgehead atoms. The highest BCUT2D eigenvalue weighted by Crippen LogP contribution is 2.27. The first-order valence-electron chi connectivity index (χ1n) is 10.4. The smallest absolute Gasteiger partial charge is 0.270 e. The molecule has 3 amide bonds. The molecule has 0 spiro atoms. The zero-order valence-electron chi connectivity index (χ0n) is 18.2. The summed E-state index contributed by atoms with van der Waals surface area (Å²) in [7, 11) is 1.56. The van der Waals surface area contributed by atoms with Gasteiger partial charge < -0.3 is 14.6 Å². The number of nitrogens with one attached hydrogen (secondary N) is 2. The molecule has 4 rings (SSSR count). The first-order chi connectivity index (χ1) is 16.4. The third kappa shape index (κ3) is 4.86. The fourth-order valence-electron chi connectivity index (χ4n) is 3.66. The number of anilines is 1. The number of nitrogens with zero attached hydrogens (tertiary/aromatic N) is 2. The van der Waals surface area contributed by atoms with Crippen LogP contribution in [0.2, 0.25) is 5.02 Å². The molecule has 34 heavy (non-hydrogen) atoms. The Labute approximate surface area is 206 Å². The second-order valence-corrected chi connectivity index (χ2v) is 8.33. The van der Waals surface area contributed by atoms with E-state index in [1.807, 2.05) is 24.3 Å². The Bertz CT molecular complexity index is 1320. The van der Waals surface area contributed by atoms with E-state index >= 15 is 0 Å². The molecule has 0 aliphatic carbocycles. The van der Waals surface area contributed by atoms with Gasteiger partial charge in [-0.05, 0) is 48.6 Å². The molecule has 0 saturated carbocycles. The lowest BCUT2D eigenvalue weighted by Gasteiger charge is -2.28. The molecule has 1 saturated heterocycles. The molecule has 2 heterocycles. The summed E-state index contributed by atoms with van der Waals surface area (Å²) in [6.45, 7) is 0.897. The molecule has 1 aliphatic heterocycles. The van der Waals surface area contributed by atoms with Gasteiger partial charge in [-0.3, -0.25) is 24.6 Å². The molecule has 2 N–H and O–H groups in total. The van der Waals surface area contributed by atoms with Crippen LogP contribution in [0.4, 0.5) is 5.69 Å². The number of thiocarbonyl (C=S) groups is 1. The van der Waals surface area contributed by atoms with Crippen LogP contribution in [0, 0.1) is 0 Å². The SMILES string of the molecule is COCCNC(=O)Cn1cc(C=C2C(=O)NC(=S)N(c3ccc(Cl)cc3)C2=O)c2ccccc21. The van der Waals surface area contributed by atoms with Crippen molar-refractivity contribution in [3.63, 3.8) is 0 Å². The average molecular weight is 497 g/mol. The van der Waals surface area contributed by atoms with Gasteiger partial charge in [0.2, 0.25) is 5.91 Å². The number of aromatic nitrogens is 1. The number of ether oxygens (including phenoxy) is 1. The number of halogens is 1. The summed E-state index contributed by atoms with van der Waals surface area (Å²) in [5.41, 5.74) is 1.84. The van der Waals surface area contributed by atoms with Gasteiger partial charge in [0, 0.05) is 41.3 Å². The third-order valence-corrected chi connectivity index (χ3v) is 5.78. The van der Waals surface area contributed by atoms with Crippen molar-refractivity contribution in [3.8, 4) is 0 Å². The van der Waals surface area contributed by atoms with Crippen molar-refractivity contribution < 1.29 is 19.1 Å². The fraction of sp³-hybridized carbons (Fsp3) is 0.167. The number of para-hydroxylation sites is 1. The van der Waals surface area contributed by atoms with Crippen LogP contribution in [0.1, 0.15) is 5.56 Å². The van der Waals surface area contributed by atoms with Crippen molar-refractivity contribution in [2.24, 2.45) is 0 Å². The summed E-state index contributed by atoms with van der Waals surface area (Å²) >= 11 is 11.2. The van der Waals surface area contributed by atoms with Crippen molar-refractivity contribution in [2.45, 2.75) is 6.54 Å². The summed E-state index contributed by atoms with van der Waals surface area (Å²) in [5.74, 6) is -1.32. The van der Waals surface area contributed by atoms with E-state index in [9.17, 15) is 14.4 Å². The molecule has 3 aromatic rings. The summed E-state index contributed by atoms with van der Waals surface area (Å²) < 4.78 is 6.73. The van der Waals surface area contributed by atoms with E-state index in [-0.39, 0.29) is 23.1 Å². The third-order valence-electron chi connectivity index (χ3n) is 5.25. The van der Waals surface area contributed by atoms with Crippen LogP contribution in [-0.4, -0.2) is 47.7 Å². The van der Waals surface area contributed by atoms with E-state index < -0.39 is 11.8 Å². The summed E-state index contributed by atoms with van der Waals surface area (Å²) in [6.07, 6.45) is 3.26. The lowest BCUT2D eigenvalue weighted by molar-refractivity contribution is -0.123. The highest BCUT2D eigenvalue weighted by molar-refractivity contribution is 7.80. The second-order valence-electron chi connectivity index (χ2n) is 7.51. The molecule has 8 nitrogen and oxygen atoms in total. The molecule has 0 radical (unpaired) electrons. The minimum absolute atomic E-state index is 0.00960. The number of methoxy groups -OCH3 is 1. The maximum Gasteiger partial charge on any atom is 0.270 e. The quantitative estimate of drug-likeness (QED) is 0.227. The van der Waals surface area contributed by atoms with Gasteiger partial charge in [0.1, 0.15) is 12.1 Å². The minimum Gasteiger partial charge on any atom is -0.383 e. The van der Waals surface area contributed by atoms with Gasteiger partial charge in [0.15, 0.2) is 5.11 Å². The number of carbonyl (C=O) groups is 3. The van der Waals surface area contributed by atoms with E-state index in [1.165, 1.54) is 11.0 Å². The molecule has 1 aromatic heterocycles. The van der Waals surface area contributed by atoms with Crippen LogP contribution in [0.25, 0.3) is 17.0 Å². The number of fused-ring (bicyclic) bond motifs is 1. The van der Waals surface area contributed by atoms with Crippen LogP contribution >= 0.6 is 23.8 Å². The van der Waals surface area contributed by atoms with Crippen LogP contribution in [0.5, 0.6) is 0 Å². The average Bonchev–Trinajstić information content (AvgIpc) is 3.15. The number of benzene rings is 2. The van der Waals surface area contributed by atoms with E-state index in [0.29, 0.717) is 29.4 Å². The van der Waals surface area contributed by atoms with Gasteiger partial charge in [-0.2, -0.15) is 0 Å². The Morgan fingerprint density at radius 3 is 2.65 bits per heavy atom. The molecular weight excluding hydrogens is 476 g/mol. The fourth-order valence-corrected chi connectivity index (χ4v) is 4.07. The van der Waals surface area contributed by atoms with Gasteiger partial charge >= 0.3 is 0 Å². The van der Waals surface area contributed by atoms with Crippen molar-refractivity contribution in [1.82, 2.24) is 15.2 Å². The minimum atomic E-state index is -0.589. The van der Waals surface area contributed by atoms with E-state index in [1.54, 1.807) is 42.1 Å². The Balaban J connectivity index is 1.69. The molecular formula is C24H21ClN4O4S. The second kappa shape index (κ2) is 10.2. The van der Waals surface area contributed by atoms with Crippen molar-refractivity contribution in [2.75, 3.05) is 25.2 Å². The molecule has 1 aliphatic rings. The first kappa shape index (κ1) is 23.6. The Morgan fingerprint density at radius 1 is 1.18 bits per heavy atom. The van der Waals surface area contributed by atoms with Crippen LogP contribution in [0.3, 0.4) is 0 Å². The number of amides is 3. The van der Waals surface area contributed by atoms with Crippen molar-refractivity contribution in [1.29, 1.82) is 0 Å². The highest BCUT2D eigenvalue weighted by atomic mass is 35.5. The Kier molecular flexibility index (Phi) is 7.06. The summed E-state index contributed by atoms with van der Waals surface area (Å²) in [5, 5.41) is 6.66. The maximum absolute atomic E-state index is 13.3. The molecule has 1 fully saturated rings. The first-order valence-corrected chi connectivity index (χ1v) is 11.2. The van der Waals surface area contributed by atoms with Gasteiger partial charge in [-0.15, -0.1) is 0 Å². The van der Waals surface area contributed by atoms with Crippen LogP contribution in [0.15, 0.2) is 60.3 Å². The predicted molar refractivity (Wildman–Crippen MR) is 134 cm³/mol. The zero-order chi connectivity index (χ0) is 24.2. The van der Waals surface area contributed by atoms with E-state index in [2.05, 4.69) is 10.6 Å². The maximum atomic E-state index is 13.3. The normalized spacial score (nSPS) is 15.2. The molecule has 10 heteroatoms. The van der Waals surface area contributed by atoms with Crippen molar-refractivity contribution in [3.05, 3.63) is 70.9 Å². The van der Waals surface area contributed by atoms with Gasteiger partial charge in [0.05, 0.1) is 12.3 Å². The predicted octanol–water partition coefficient (Wildman–Crippen LogP) is 2.89. The van der Waals surface area contributed by atoms with Crippen LogP contribution < -0.4 is 15.5 Å². The Hall–Kier alpha value is -3.53. The van der Waals surface area contributed by atoms with E-state index in [0.717, 1.165) is 10.9 Å². The molecule has 2 aromatic carbocycles. The van der Waals surface area contributed by atoms with Gasteiger partial charge in [0.25, 0.3) is 11.8 Å². The lowest BCUT2D eigenvalue weighted by Crippen LogP contribution is -2.54. The molecule has 0 atom stereocenters. The van der Waals surface area contributed by atoms with E-state index in [4.69, 9.17) is 28.6 Å². The van der Waals surface area contributed by atoms with Crippen molar-refractivity contribution >= 4 is 69.3 Å². The number of carbonyl (C=O) groups excluding carboxylic acids is 3. The summed E-state index contributed by atoms with van der Waals surface area (Å²) in [4.78, 5) is 39.6. The number of hydrogen-bond acceptors (Lipinski definition) is 5. The standard InChI is InChI=1S/C24H21ClN4O4S/c1-33-11-10-26-21(30)14-28-13-15(18-4-2-3-5-20(18)28)12-19-22(31)27-24(34)29(23(19)32)17-8-6-16(25)7-9-17/h2-9,12-13H,10-11,14H2,1H3,(H,26,30)(H,27,31,34). The largest absolute Gasteiger partial charge is 0.383 e. The molecule has 174 valence electrons. The zero-order valence-corrected chi connectivity index (χ0v) is 19.8. The number of rotatable bonds is 7. The Morgan fingerprint density at radius 2 is 1.91 bits per heavy atom. The lowest BCUT2D eigenvalue weighted by atomic mass is 10.1. The summed E-state index contributed by atoms with van der Waals surface area (Å²) in [6, 6.07) is 14.0. The monoisotopic (exact) mass is 496 g/mol. The topological polar surface area (TPSA) is 92.7 Å². The molecule has 0 unspecified atom stereocenters. The van der Waals surface area contributed by atoms with Gasteiger partial charge in [-0.25, -0.2) is 0 Å².